The fraction of sp³-hybridized carbons (Fsp3) is 0.367. The van der Waals surface area contributed by atoms with Gasteiger partial charge in [0.05, 0.1) is 34.5 Å². The lowest BCUT2D eigenvalue weighted by molar-refractivity contribution is -0.138. The largest absolute Gasteiger partial charge is 0.417 e. The molecule has 0 aromatic heterocycles. The summed E-state index contributed by atoms with van der Waals surface area (Å²) in [5, 5.41) is 20.9. The number of nitrogens with zero attached hydrogens (tertiary/aromatic N) is 5. The lowest BCUT2D eigenvalue weighted by Crippen LogP contribution is -2.50. The number of urea groups is 1. The van der Waals surface area contributed by atoms with E-state index in [2.05, 4.69) is 10.2 Å². The van der Waals surface area contributed by atoms with Crippen molar-refractivity contribution in [2.24, 2.45) is 0 Å². The van der Waals surface area contributed by atoms with Crippen LogP contribution < -0.4 is 10.2 Å². The van der Waals surface area contributed by atoms with E-state index in [-0.39, 0.29) is 22.9 Å². The van der Waals surface area contributed by atoms with Gasteiger partial charge in [-0.15, -0.1) is 0 Å². The second-order valence-corrected chi connectivity index (χ2v) is 10.2. The first-order valence-electron chi connectivity index (χ1n) is 13.5. The average molecular weight is 579 g/mol. The molecule has 2 aromatic carbocycles. The van der Waals surface area contributed by atoms with Crippen LogP contribution >= 0.6 is 0 Å². The van der Waals surface area contributed by atoms with Gasteiger partial charge in [0.2, 0.25) is 0 Å². The highest BCUT2D eigenvalue weighted by Gasteiger charge is 2.39. The molecule has 0 saturated carbocycles. The van der Waals surface area contributed by atoms with Gasteiger partial charge in [0, 0.05) is 43.0 Å². The van der Waals surface area contributed by atoms with Gasteiger partial charge in [0.1, 0.15) is 0 Å². The van der Waals surface area contributed by atoms with Crippen LogP contribution in [0.15, 0.2) is 53.6 Å². The molecule has 9 nitrogen and oxygen atoms in total. The molecular weight excluding hydrogens is 549 g/mol. The molecule has 4 amide bonds. The number of alkyl halides is 3. The van der Waals surface area contributed by atoms with Gasteiger partial charge in [-0.1, -0.05) is 12.5 Å². The Morgan fingerprint density at radius 1 is 0.952 bits per heavy atom. The van der Waals surface area contributed by atoms with Crippen molar-refractivity contribution in [3.05, 3.63) is 70.3 Å². The van der Waals surface area contributed by atoms with E-state index < -0.39 is 29.1 Å². The summed E-state index contributed by atoms with van der Waals surface area (Å²) >= 11 is 0. The maximum atomic E-state index is 13.4. The van der Waals surface area contributed by atoms with Gasteiger partial charge < -0.3 is 10.2 Å². The molecule has 0 unspecified atom stereocenters. The Morgan fingerprint density at radius 2 is 1.69 bits per heavy atom. The van der Waals surface area contributed by atoms with Gasteiger partial charge in [-0.25, -0.2) is 9.69 Å². The highest BCUT2D eigenvalue weighted by molar-refractivity contribution is 6.32. The zero-order valence-corrected chi connectivity index (χ0v) is 23.0. The van der Waals surface area contributed by atoms with Gasteiger partial charge in [0.25, 0.3) is 11.8 Å². The molecule has 0 atom stereocenters. The number of carbonyl (C=O) groups is 3. The fourth-order valence-electron chi connectivity index (χ4n) is 5.07. The molecule has 2 aliphatic heterocycles. The first kappa shape index (κ1) is 30.3. The first-order chi connectivity index (χ1) is 20.0. The Morgan fingerprint density at radius 3 is 2.36 bits per heavy atom. The molecule has 12 heteroatoms. The SMILES string of the molecule is CC1=C(CCCCCN2CCN(C(=O)Nc3cccc(C#N)c3)CC2)C(=O)N(c2ccc(C#N)c(C(F)(F)F)c2)C1=O. The average Bonchev–Trinajstić information content (AvgIpc) is 3.19. The Balaban J connectivity index is 1.22. The van der Waals surface area contributed by atoms with Crippen molar-refractivity contribution in [3.8, 4) is 12.1 Å². The van der Waals surface area contributed by atoms with E-state index in [1.165, 1.54) is 19.1 Å². The minimum Gasteiger partial charge on any atom is -0.322 e. The van der Waals surface area contributed by atoms with Crippen LogP contribution in [-0.4, -0.2) is 60.4 Å². The molecule has 2 heterocycles. The first-order valence-corrected chi connectivity index (χ1v) is 13.5. The van der Waals surface area contributed by atoms with Gasteiger partial charge in [-0.2, -0.15) is 23.7 Å². The summed E-state index contributed by atoms with van der Waals surface area (Å²) in [4.78, 5) is 43.1. The molecule has 218 valence electrons. The number of rotatable bonds is 8. The number of piperazine rings is 1. The van der Waals surface area contributed by atoms with Crippen LogP contribution in [0.4, 0.5) is 29.3 Å². The van der Waals surface area contributed by atoms with Gasteiger partial charge in [-0.05, 0) is 69.1 Å². The van der Waals surface area contributed by atoms with E-state index in [1.807, 2.05) is 6.07 Å². The third kappa shape index (κ3) is 6.78. The second-order valence-electron chi connectivity index (χ2n) is 10.2. The van der Waals surface area contributed by atoms with Crippen molar-refractivity contribution in [3.63, 3.8) is 0 Å². The van der Waals surface area contributed by atoms with Crippen LogP contribution in [0, 0.1) is 22.7 Å². The van der Waals surface area contributed by atoms with Crippen molar-refractivity contribution < 1.29 is 27.6 Å². The van der Waals surface area contributed by atoms with E-state index >= 15 is 0 Å². The number of carbonyl (C=O) groups excluding carboxylic acids is 3. The van der Waals surface area contributed by atoms with Crippen molar-refractivity contribution in [1.82, 2.24) is 9.80 Å². The van der Waals surface area contributed by atoms with Crippen LogP contribution in [-0.2, 0) is 15.8 Å². The third-order valence-electron chi connectivity index (χ3n) is 7.43. The minimum atomic E-state index is -4.80. The highest BCUT2D eigenvalue weighted by Crippen LogP contribution is 2.37. The summed E-state index contributed by atoms with van der Waals surface area (Å²) in [6, 6.07) is 12.9. The normalized spacial score (nSPS) is 16.0. The summed E-state index contributed by atoms with van der Waals surface area (Å²) < 4.78 is 40.2. The monoisotopic (exact) mass is 578 g/mol. The lowest BCUT2D eigenvalue weighted by Gasteiger charge is -2.34. The number of nitriles is 2. The molecule has 0 bridgehead atoms. The van der Waals surface area contributed by atoms with Gasteiger partial charge in [-0.3, -0.25) is 14.5 Å². The lowest BCUT2D eigenvalue weighted by atomic mass is 10.0. The molecule has 0 radical (unpaired) electrons. The molecule has 0 aliphatic carbocycles. The molecule has 42 heavy (non-hydrogen) atoms. The van der Waals surface area contributed by atoms with Crippen molar-refractivity contribution in [1.29, 1.82) is 10.5 Å². The van der Waals surface area contributed by atoms with Crippen LogP contribution in [0.1, 0.15) is 49.3 Å². The highest BCUT2D eigenvalue weighted by atomic mass is 19.4. The summed E-state index contributed by atoms with van der Waals surface area (Å²) in [6.07, 6.45) is -2.22. The number of hydrogen-bond acceptors (Lipinski definition) is 6. The maximum absolute atomic E-state index is 13.4. The summed E-state index contributed by atoms with van der Waals surface area (Å²) in [5.74, 6) is -1.29. The smallest absolute Gasteiger partial charge is 0.322 e. The Hall–Kier alpha value is -4.68. The Labute approximate surface area is 241 Å². The molecule has 2 aromatic rings. The van der Waals surface area contributed by atoms with E-state index in [0.29, 0.717) is 56.3 Å². The van der Waals surface area contributed by atoms with Crippen molar-refractivity contribution >= 4 is 29.2 Å². The zero-order chi connectivity index (χ0) is 30.4. The number of imide groups is 1. The second kappa shape index (κ2) is 12.9. The molecule has 1 N–H and O–H groups in total. The predicted molar refractivity (Wildman–Crippen MR) is 148 cm³/mol. The van der Waals surface area contributed by atoms with E-state index in [1.54, 1.807) is 29.2 Å². The maximum Gasteiger partial charge on any atom is 0.417 e. The Kier molecular flexibility index (Phi) is 9.28. The zero-order valence-electron chi connectivity index (χ0n) is 23.0. The Bertz CT molecular complexity index is 1500. The van der Waals surface area contributed by atoms with E-state index in [9.17, 15) is 27.6 Å². The number of unbranched alkanes of at least 4 members (excludes halogenated alkanes) is 2. The van der Waals surface area contributed by atoms with E-state index in [4.69, 9.17) is 10.5 Å². The number of amides is 4. The molecule has 4 rings (SSSR count). The summed E-state index contributed by atoms with van der Waals surface area (Å²) in [6.45, 7) is 4.86. The van der Waals surface area contributed by atoms with Crippen molar-refractivity contribution in [2.75, 3.05) is 42.9 Å². The number of halogens is 3. The van der Waals surface area contributed by atoms with Crippen LogP contribution in [0.2, 0.25) is 0 Å². The topological polar surface area (TPSA) is 121 Å². The van der Waals surface area contributed by atoms with Gasteiger partial charge in [0.15, 0.2) is 0 Å². The van der Waals surface area contributed by atoms with E-state index in [0.717, 1.165) is 30.4 Å². The molecule has 1 fully saturated rings. The molecule has 2 aliphatic rings. The quantitative estimate of drug-likeness (QED) is 0.346. The van der Waals surface area contributed by atoms with Crippen LogP contribution in [0.3, 0.4) is 0 Å². The van der Waals surface area contributed by atoms with Crippen LogP contribution in [0.25, 0.3) is 0 Å². The third-order valence-corrected chi connectivity index (χ3v) is 7.43. The molecule has 0 spiro atoms. The standard InChI is InChI=1S/C30H29F3N6O3/c1-20-25(28(41)39(27(20)40)24-10-9-22(19-35)26(17-24)30(31,32)33)8-3-2-4-11-37-12-14-38(15-13-37)29(42)36-23-7-5-6-21(16-23)18-34/h5-7,9-10,16-17H,2-4,8,11-15H2,1H3,(H,36,42). The van der Waals surface area contributed by atoms with Crippen molar-refractivity contribution in [2.45, 2.75) is 38.8 Å². The minimum absolute atomic E-state index is 0.214. The number of nitrogens with one attached hydrogen (secondary N) is 1. The summed E-state index contributed by atoms with van der Waals surface area (Å²) in [7, 11) is 0. The number of hydrogen-bond donors (Lipinski definition) is 1. The number of benzene rings is 2. The molecule has 1 saturated heterocycles. The van der Waals surface area contributed by atoms with Crippen LogP contribution in [0.5, 0.6) is 0 Å². The molecular formula is C30H29F3N6O3. The van der Waals surface area contributed by atoms with Gasteiger partial charge >= 0.3 is 12.2 Å². The fourth-order valence-corrected chi connectivity index (χ4v) is 5.07. The number of anilines is 2. The predicted octanol–water partition coefficient (Wildman–Crippen LogP) is 5.05. The summed E-state index contributed by atoms with van der Waals surface area (Å²) in [5.41, 5.74) is -0.446.